The van der Waals surface area contributed by atoms with Crippen molar-refractivity contribution in [2.45, 2.75) is 0 Å². The molecule has 0 aliphatic rings. The van der Waals surface area contributed by atoms with E-state index in [0.717, 1.165) is 2.88 Å². The summed E-state index contributed by atoms with van der Waals surface area (Å²) in [6.45, 7) is 0. The van der Waals surface area contributed by atoms with Crippen molar-refractivity contribution < 1.29 is 9.72 Å². The van der Waals surface area contributed by atoms with E-state index >= 15 is 0 Å². The molecule has 0 bridgehead atoms. The summed E-state index contributed by atoms with van der Waals surface area (Å²) in [5, 5.41) is 15.2. The molecule has 0 fully saturated rings. The molecule has 0 saturated heterocycles. The van der Waals surface area contributed by atoms with Crippen LogP contribution in [-0.2, 0) is 0 Å². The monoisotopic (exact) mass is 452 g/mol. The van der Waals surface area contributed by atoms with Gasteiger partial charge in [0.05, 0.1) is 13.4 Å². The lowest BCUT2D eigenvalue weighted by Gasteiger charge is -2.05. The van der Waals surface area contributed by atoms with Crippen LogP contribution in [0.1, 0.15) is 10.4 Å². The quantitative estimate of drug-likeness (QED) is 0.429. The molecule has 5 nitrogen and oxygen atoms in total. The largest absolute Gasteiger partial charge is 0.316 e. The number of rotatable bonds is 3. The van der Waals surface area contributed by atoms with E-state index < -0.39 is 4.92 Å². The van der Waals surface area contributed by atoms with E-state index in [1.54, 1.807) is 17.5 Å². The fourth-order valence-corrected chi connectivity index (χ4v) is 3.06. The Morgan fingerprint density at radius 2 is 2.16 bits per heavy atom. The Hall–Kier alpha value is -1.00. The van der Waals surface area contributed by atoms with Gasteiger partial charge >= 0.3 is 0 Å². The van der Waals surface area contributed by atoms with Crippen molar-refractivity contribution in [1.29, 1.82) is 0 Å². The highest BCUT2D eigenvalue weighted by Crippen LogP contribution is 2.28. The van der Waals surface area contributed by atoms with Gasteiger partial charge in [-0.15, -0.1) is 11.3 Å². The molecule has 1 amide bonds. The van der Waals surface area contributed by atoms with Crippen LogP contribution in [-0.4, -0.2) is 10.8 Å². The first-order valence-electron chi connectivity index (χ1n) is 4.96. The molecule has 0 radical (unpaired) electrons. The summed E-state index contributed by atoms with van der Waals surface area (Å²) in [4.78, 5) is 22.3. The van der Waals surface area contributed by atoms with Gasteiger partial charge in [0, 0.05) is 15.9 Å². The van der Waals surface area contributed by atoms with Gasteiger partial charge in [-0.3, -0.25) is 14.9 Å². The summed E-state index contributed by atoms with van der Waals surface area (Å²) < 4.78 is 1.57. The zero-order valence-corrected chi connectivity index (χ0v) is 13.8. The first kappa shape index (κ1) is 14.4. The van der Waals surface area contributed by atoms with Crippen molar-refractivity contribution in [3.8, 4) is 0 Å². The Morgan fingerprint density at radius 3 is 2.74 bits per heavy atom. The normalized spacial score (nSPS) is 10.2. The third-order valence-corrected chi connectivity index (χ3v) is 4.52. The molecule has 2 aromatic rings. The first-order valence-corrected chi connectivity index (χ1v) is 7.72. The number of benzene rings is 1. The molecule has 0 aliphatic heterocycles. The van der Waals surface area contributed by atoms with Crippen molar-refractivity contribution in [2.24, 2.45) is 0 Å². The van der Waals surface area contributed by atoms with Crippen LogP contribution < -0.4 is 5.32 Å². The van der Waals surface area contributed by atoms with Crippen LogP contribution in [0.4, 0.5) is 11.4 Å². The lowest BCUT2D eigenvalue weighted by molar-refractivity contribution is -0.384. The number of hydrogen-bond donors (Lipinski definition) is 1. The number of carbonyl (C=O) groups excluding carboxylic acids is 1. The third kappa shape index (κ3) is 3.51. The topological polar surface area (TPSA) is 72.2 Å². The highest BCUT2D eigenvalue weighted by atomic mass is 127. The SMILES string of the molecule is O=C(Nc1ccc(Br)cc1[N+](=O)[O-])c1csc(I)c1. The van der Waals surface area contributed by atoms with Crippen molar-refractivity contribution >= 4 is 67.1 Å². The number of anilines is 1. The number of halogens is 2. The number of nitrogens with one attached hydrogen (secondary N) is 1. The molecule has 8 heteroatoms. The molecule has 98 valence electrons. The van der Waals surface area contributed by atoms with Crippen molar-refractivity contribution in [3.05, 3.63) is 52.7 Å². The van der Waals surface area contributed by atoms with E-state index in [-0.39, 0.29) is 17.3 Å². The standard InChI is InChI=1S/C11H6BrIN2O3S/c12-7-1-2-8(9(4-7)15(17)18)14-11(16)6-3-10(13)19-5-6/h1-5H,(H,14,16). The van der Waals surface area contributed by atoms with Gasteiger partial charge in [-0.1, -0.05) is 15.9 Å². The van der Waals surface area contributed by atoms with Crippen LogP contribution in [0.3, 0.4) is 0 Å². The van der Waals surface area contributed by atoms with Crippen LogP contribution in [0.25, 0.3) is 0 Å². The van der Waals surface area contributed by atoms with Gasteiger partial charge in [-0.05, 0) is 40.8 Å². The molecule has 0 aliphatic carbocycles. The van der Waals surface area contributed by atoms with E-state index in [2.05, 4.69) is 43.8 Å². The van der Waals surface area contributed by atoms with Gasteiger partial charge in [0.25, 0.3) is 11.6 Å². The van der Waals surface area contributed by atoms with E-state index in [1.807, 2.05) is 0 Å². The minimum Gasteiger partial charge on any atom is -0.316 e. The van der Waals surface area contributed by atoms with Crippen LogP contribution in [0.15, 0.2) is 34.1 Å². The highest BCUT2D eigenvalue weighted by Gasteiger charge is 2.17. The Bertz CT molecular complexity index is 659. The predicted octanol–water partition coefficient (Wildman–Crippen LogP) is 4.28. The van der Waals surface area contributed by atoms with Gasteiger partial charge in [-0.2, -0.15) is 0 Å². The van der Waals surface area contributed by atoms with Crippen LogP contribution in [0, 0.1) is 13.0 Å². The Labute approximate surface area is 134 Å². The molecule has 0 saturated carbocycles. The molecule has 0 spiro atoms. The van der Waals surface area contributed by atoms with E-state index in [0.29, 0.717) is 10.0 Å². The molecule has 19 heavy (non-hydrogen) atoms. The summed E-state index contributed by atoms with van der Waals surface area (Å²) in [6, 6.07) is 6.22. The van der Waals surface area contributed by atoms with E-state index in [1.165, 1.54) is 23.5 Å². The second-order valence-corrected chi connectivity index (χ2v) is 7.23. The van der Waals surface area contributed by atoms with Gasteiger partial charge in [-0.25, -0.2) is 0 Å². The maximum absolute atomic E-state index is 11.9. The summed E-state index contributed by atoms with van der Waals surface area (Å²) in [5.74, 6) is -0.357. The Kier molecular flexibility index (Phi) is 4.53. The van der Waals surface area contributed by atoms with Crippen LogP contribution in [0.2, 0.25) is 0 Å². The molecule has 0 unspecified atom stereocenters. The number of carbonyl (C=O) groups is 1. The number of nitro groups is 1. The third-order valence-electron chi connectivity index (χ3n) is 2.23. The molecule has 0 atom stereocenters. The lowest BCUT2D eigenvalue weighted by atomic mass is 10.2. The summed E-state index contributed by atoms with van der Waals surface area (Å²) in [5.41, 5.74) is 0.527. The smallest absolute Gasteiger partial charge is 0.293 e. The van der Waals surface area contributed by atoms with Gasteiger partial charge in [0.2, 0.25) is 0 Å². The molecule has 1 heterocycles. The van der Waals surface area contributed by atoms with Crippen molar-refractivity contribution in [2.75, 3.05) is 5.32 Å². The first-order chi connectivity index (χ1) is 8.97. The van der Waals surface area contributed by atoms with Crippen LogP contribution >= 0.6 is 49.9 Å². The number of amides is 1. The lowest BCUT2D eigenvalue weighted by Crippen LogP contribution is -2.12. The van der Waals surface area contributed by atoms with Crippen molar-refractivity contribution in [1.82, 2.24) is 0 Å². The minimum atomic E-state index is -0.530. The maximum atomic E-state index is 11.9. The second kappa shape index (κ2) is 5.97. The highest BCUT2D eigenvalue weighted by molar-refractivity contribution is 14.1. The fourth-order valence-electron chi connectivity index (χ4n) is 1.39. The van der Waals surface area contributed by atoms with Gasteiger partial charge in [0.15, 0.2) is 0 Å². The van der Waals surface area contributed by atoms with Crippen molar-refractivity contribution in [3.63, 3.8) is 0 Å². The summed E-state index contributed by atoms with van der Waals surface area (Å²) >= 11 is 6.71. The number of nitrogens with zero attached hydrogens (tertiary/aromatic N) is 1. The zero-order chi connectivity index (χ0) is 14.0. The van der Waals surface area contributed by atoms with Gasteiger partial charge < -0.3 is 5.32 Å². The second-order valence-electron chi connectivity index (χ2n) is 3.51. The van der Waals surface area contributed by atoms with Crippen LogP contribution in [0.5, 0.6) is 0 Å². The average Bonchev–Trinajstić information content (AvgIpc) is 2.78. The van der Waals surface area contributed by atoms with E-state index in [4.69, 9.17) is 0 Å². The maximum Gasteiger partial charge on any atom is 0.293 e. The zero-order valence-electron chi connectivity index (χ0n) is 9.22. The number of hydrogen-bond acceptors (Lipinski definition) is 4. The number of nitro benzene ring substituents is 1. The minimum absolute atomic E-state index is 0.146. The molecular weight excluding hydrogens is 447 g/mol. The summed E-state index contributed by atoms with van der Waals surface area (Å²) in [7, 11) is 0. The molecule has 1 aromatic heterocycles. The van der Waals surface area contributed by atoms with Gasteiger partial charge in [0.1, 0.15) is 5.69 Å². The Morgan fingerprint density at radius 1 is 1.42 bits per heavy atom. The molecular formula is C11H6BrIN2O3S. The average molecular weight is 453 g/mol. The molecule has 1 N–H and O–H groups in total. The van der Waals surface area contributed by atoms with E-state index in [9.17, 15) is 14.9 Å². The Balaban J connectivity index is 2.28. The fraction of sp³-hybridized carbons (Fsp3) is 0. The summed E-state index contributed by atoms with van der Waals surface area (Å²) in [6.07, 6.45) is 0. The predicted molar refractivity (Wildman–Crippen MR) is 85.8 cm³/mol. The molecule has 1 aromatic carbocycles. The number of thiophene rings is 1. The molecule has 2 rings (SSSR count).